The van der Waals surface area contributed by atoms with E-state index in [1.807, 2.05) is 58.0 Å². The third-order valence-electron chi connectivity index (χ3n) is 12.7. The van der Waals surface area contributed by atoms with E-state index in [0.29, 0.717) is 24.2 Å². The minimum atomic E-state index is -0.916. The highest BCUT2D eigenvalue weighted by Gasteiger charge is 2.42. The quantitative estimate of drug-likeness (QED) is 0.105. The zero-order valence-electron chi connectivity index (χ0n) is 39.7. The smallest absolute Gasteiger partial charge is 0.410 e. The molecule has 1 fully saturated rings. The van der Waals surface area contributed by atoms with Crippen molar-refractivity contribution >= 4 is 35.4 Å². The number of hydrogen-bond donors (Lipinski definition) is 4. The van der Waals surface area contributed by atoms with Crippen LogP contribution in [0.4, 0.5) is 10.5 Å². The lowest BCUT2D eigenvalue weighted by molar-refractivity contribution is -0.144. The summed E-state index contributed by atoms with van der Waals surface area (Å²) in [5.41, 5.74) is 7.81. The lowest BCUT2D eigenvalue weighted by Crippen LogP contribution is -2.58. The number of aliphatic hydroxyl groups excluding tert-OH is 1. The Hall–Kier alpha value is -4.73. The summed E-state index contributed by atoms with van der Waals surface area (Å²) in [7, 11) is 6.33. The van der Waals surface area contributed by atoms with E-state index in [4.69, 9.17) is 19.9 Å². The zero-order chi connectivity index (χ0) is 47.1. The van der Waals surface area contributed by atoms with Crippen LogP contribution in [0.2, 0.25) is 0 Å². The first-order valence-corrected chi connectivity index (χ1v) is 22.4. The Morgan fingerprint density at radius 3 is 2.06 bits per heavy atom. The Labute approximate surface area is 375 Å². The molecular formula is C48H76N6O9. The molecule has 5 amide bonds. The molecule has 15 heteroatoms. The standard InChI is InChI=1S/C48H76N6O9/c1-13-31(6)37(27-52(9)47(59)41(29(2)3)51-46(58)42(30(4)5)53(10)48(60)63-28-34-21-23-36(49)24-22-34)39(61-11)26-40(55)54-25-17-20-38(54)44(62-12)32(7)45(57)50-33(8)43(56)35-18-15-14-16-19-35/h14-16,18-19,21-24,29-33,37-39,41-44,56H,13,17,20,25-28,49H2,1-12H3,(H,50,57)(H,51,58)/t31-,32?,33+,37?,38-,39?,41-,42-,43+,44+/m0/s1. The van der Waals surface area contributed by atoms with Crippen LogP contribution >= 0.6 is 0 Å². The zero-order valence-corrected chi connectivity index (χ0v) is 39.7. The number of nitrogen functional groups attached to an aromatic ring is 1. The van der Waals surface area contributed by atoms with Gasteiger partial charge in [0.1, 0.15) is 18.7 Å². The van der Waals surface area contributed by atoms with E-state index in [2.05, 4.69) is 24.5 Å². The highest BCUT2D eigenvalue weighted by atomic mass is 16.6. The molecule has 0 radical (unpaired) electrons. The van der Waals surface area contributed by atoms with Crippen molar-refractivity contribution in [1.82, 2.24) is 25.3 Å². The van der Waals surface area contributed by atoms with Crippen LogP contribution in [0.3, 0.4) is 0 Å². The number of carbonyl (C=O) groups is 5. The maximum Gasteiger partial charge on any atom is 0.410 e. The monoisotopic (exact) mass is 881 g/mol. The summed E-state index contributed by atoms with van der Waals surface area (Å²) >= 11 is 0. The number of ether oxygens (including phenoxy) is 3. The van der Waals surface area contributed by atoms with E-state index in [9.17, 15) is 29.1 Å². The maximum atomic E-state index is 14.3. The van der Waals surface area contributed by atoms with Gasteiger partial charge in [0.15, 0.2) is 0 Å². The summed E-state index contributed by atoms with van der Waals surface area (Å²) in [4.78, 5) is 73.8. The van der Waals surface area contributed by atoms with E-state index in [1.54, 1.807) is 69.2 Å². The normalized spacial score (nSPS) is 18.3. The summed E-state index contributed by atoms with van der Waals surface area (Å²) in [5.74, 6) is -2.58. The molecule has 63 heavy (non-hydrogen) atoms. The minimum absolute atomic E-state index is 0.00513. The number of aliphatic hydroxyl groups is 1. The van der Waals surface area contributed by atoms with E-state index >= 15 is 0 Å². The SMILES string of the molecule is CC[C@H](C)C(CN(C)C(=O)[C@@H](NC(=O)[C@H](C(C)C)N(C)C(=O)OCc1ccc(N)cc1)C(C)C)C(CC(=O)N1CCC[C@H]1[C@H](OC)C(C)C(=O)N[C@H](C)[C@@H](O)c1ccccc1)OC. The molecule has 15 nitrogen and oxygen atoms in total. The number of anilines is 1. The number of carbonyl (C=O) groups excluding carboxylic acids is 5. The molecule has 1 aliphatic heterocycles. The summed E-state index contributed by atoms with van der Waals surface area (Å²) in [5, 5.41) is 16.8. The van der Waals surface area contributed by atoms with Crippen LogP contribution in [-0.2, 0) is 40.0 Å². The van der Waals surface area contributed by atoms with Crippen LogP contribution in [-0.4, -0.2) is 127 Å². The Balaban J connectivity index is 1.71. The Kier molecular flexibility index (Phi) is 20.8. The number of benzene rings is 2. The van der Waals surface area contributed by atoms with Gasteiger partial charge in [0.2, 0.25) is 23.6 Å². The van der Waals surface area contributed by atoms with Gasteiger partial charge in [-0.1, -0.05) is 97.4 Å². The molecule has 1 aliphatic rings. The minimum Gasteiger partial charge on any atom is -0.445 e. The fourth-order valence-corrected chi connectivity index (χ4v) is 8.62. The van der Waals surface area contributed by atoms with Crippen molar-refractivity contribution in [3.63, 3.8) is 0 Å². The van der Waals surface area contributed by atoms with Gasteiger partial charge >= 0.3 is 6.09 Å². The number of nitrogens with two attached hydrogens (primary N) is 1. The topological polar surface area (TPSA) is 193 Å². The van der Waals surface area contributed by atoms with Gasteiger partial charge in [-0.3, -0.25) is 24.1 Å². The van der Waals surface area contributed by atoms with Gasteiger partial charge in [0.05, 0.1) is 42.7 Å². The molecule has 0 saturated carbocycles. The molecule has 352 valence electrons. The van der Waals surface area contributed by atoms with Crippen LogP contribution in [0.15, 0.2) is 54.6 Å². The van der Waals surface area contributed by atoms with E-state index in [-0.39, 0.29) is 67.0 Å². The molecule has 10 atom stereocenters. The average molecular weight is 881 g/mol. The molecule has 5 N–H and O–H groups in total. The summed E-state index contributed by atoms with van der Waals surface area (Å²) in [6, 6.07) is 13.4. The molecule has 2 aromatic carbocycles. The van der Waals surface area contributed by atoms with Crippen molar-refractivity contribution in [3.05, 3.63) is 65.7 Å². The second-order valence-corrected chi connectivity index (χ2v) is 18.0. The molecular weight excluding hydrogens is 805 g/mol. The fourth-order valence-electron chi connectivity index (χ4n) is 8.62. The number of nitrogens with zero attached hydrogens (tertiary/aromatic N) is 3. The Morgan fingerprint density at radius 2 is 1.51 bits per heavy atom. The van der Waals surface area contributed by atoms with Crippen LogP contribution in [0, 0.1) is 29.6 Å². The second-order valence-electron chi connectivity index (χ2n) is 18.0. The van der Waals surface area contributed by atoms with Gasteiger partial charge in [-0.15, -0.1) is 0 Å². The predicted molar refractivity (Wildman–Crippen MR) is 244 cm³/mol. The molecule has 0 bridgehead atoms. The summed E-state index contributed by atoms with van der Waals surface area (Å²) in [6.07, 6.45) is -0.471. The summed E-state index contributed by atoms with van der Waals surface area (Å²) in [6.45, 7) is 15.8. The van der Waals surface area contributed by atoms with Gasteiger partial charge in [0.25, 0.3) is 0 Å². The van der Waals surface area contributed by atoms with Crippen molar-refractivity contribution in [2.45, 2.75) is 130 Å². The van der Waals surface area contributed by atoms with E-state index < -0.39 is 54.4 Å². The number of nitrogens with one attached hydrogen (secondary N) is 2. The molecule has 1 saturated heterocycles. The molecule has 3 rings (SSSR count). The highest BCUT2D eigenvalue weighted by molar-refractivity contribution is 5.91. The summed E-state index contributed by atoms with van der Waals surface area (Å²) < 4.78 is 17.5. The number of rotatable bonds is 23. The van der Waals surface area contributed by atoms with Gasteiger partial charge in [0, 0.05) is 53.0 Å². The Morgan fingerprint density at radius 1 is 0.873 bits per heavy atom. The van der Waals surface area contributed by atoms with Gasteiger partial charge in [-0.25, -0.2) is 4.79 Å². The number of amides is 5. The predicted octanol–water partition coefficient (Wildman–Crippen LogP) is 5.41. The van der Waals surface area contributed by atoms with Crippen molar-refractivity contribution in [1.29, 1.82) is 0 Å². The molecule has 1 heterocycles. The molecule has 0 aromatic heterocycles. The lowest BCUT2D eigenvalue weighted by Gasteiger charge is -2.38. The van der Waals surface area contributed by atoms with Gasteiger partial charge in [-0.05, 0) is 60.8 Å². The lowest BCUT2D eigenvalue weighted by atomic mass is 9.84. The van der Waals surface area contributed by atoms with Crippen LogP contribution in [0.1, 0.15) is 98.3 Å². The van der Waals surface area contributed by atoms with Crippen LogP contribution in [0.25, 0.3) is 0 Å². The maximum absolute atomic E-state index is 14.3. The first kappa shape index (κ1) is 52.6. The fraction of sp³-hybridized carbons (Fsp3) is 0.646. The molecule has 0 aliphatic carbocycles. The second kappa shape index (κ2) is 24.9. The molecule has 0 spiro atoms. The largest absolute Gasteiger partial charge is 0.445 e. The van der Waals surface area contributed by atoms with Crippen molar-refractivity contribution in [2.75, 3.05) is 47.1 Å². The average Bonchev–Trinajstić information content (AvgIpc) is 3.75. The third kappa shape index (κ3) is 14.4. The Bertz CT molecular complexity index is 1760. The van der Waals surface area contributed by atoms with E-state index in [1.165, 1.54) is 11.9 Å². The van der Waals surface area contributed by atoms with Crippen molar-refractivity contribution in [3.8, 4) is 0 Å². The number of likely N-dealkylation sites (tertiary alicyclic amines) is 1. The van der Waals surface area contributed by atoms with Crippen molar-refractivity contribution in [2.24, 2.45) is 29.6 Å². The van der Waals surface area contributed by atoms with Gasteiger partial charge < -0.3 is 45.5 Å². The molecule has 3 unspecified atom stereocenters. The van der Waals surface area contributed by atoms with E-state index in [0.717, 1.165) is 18.4 Å². The molecule has 2 aromatic rings. The number of methoxy groups -OCH3 is 2. The number of likely N-dealkylation sites (N-methyl/N-ethyl adjacent to an activating group) is 2. The van der Waals surface area contributed by atoms with Crippen LogP contribution < -0.4 is 16.4 Å². The highest BCUT2D eigenvalue weighted by Crippen LogP contribution is 2.31. The number of hydrogen-bond acceptors (Lipinski definition) is 10. The first-order chi connectivity index (χ1) is 29.8. The third-order valence-corrected chi connectivity index (χ3v) is 12.7. The van der Waals surface area contributed by atoms with Crippen molar-refractivity contribution < 1.29 is 43.3 Å². The van der Waals surface area contributed by atoms with Crippen LogP contribution in [0.5, 0.6) is 0 Å². The first-order valence-electron chi connectivity index (χ1n) is 22.4. The van der Waals surface area contributed by atoms with Gasteiger partial charge in [-0.2, -0.15) is 0 Å².